The molecule has 0 aliphatic heterocycles. The summed E-state index contributed by atoms with van der Waals surface area (Å²) in [6, 6.07) is 6.28. The summed E-state index contributed by atoms with van der Waals surface area (Å²) in [5.41, 5.74) is 2.56. The van der Waals surface area contributed by atoms with E-state index in [0.717, 1.165) is 10.9 Å². The predicted molar refractivity (Wildman–Crippen MR) is 88.9 cm³/mol. The van der Waals surface area contributed by atoms with Gasteiger partial charge in [-0.2, -0.15) is 0 Å². The summed E-state index contributed by atoms with van der Waals surface area (Å²) >= 11 is 7.51. The Bertz CT molecular complexity index is 807. The number of nitrogens with two attached hydrogens (primary N) is 1. The van der Waals surface area contributed by atoms with Crippen molar-refractivity contribution in [3.05, 3.63) is 45.1 Å². The van der Waals surface area contributed by atoms with Gasteiger partial charge in [0.25, 0.3) is 5.91 Å². The van der Waals surface area contributed by atoms with E-state index in [9.17, 15) is 13.2 Å². The Labute approximate surface area is 142 Å². The normalized spacial score (nSPS) is 11.3. The van der Waals surface area contributed by atoms with Crippen LogP contribution >= 0.6 is 22.9 Å². The van der Waals surface area contributed by atoms with Gasteiger partial charge in [0.15, 0.2) is 0 Å². The Kier molecular flexibility index (Phi) is 5.60. The Hall–Kier alpha value is -1.65. The van der Waals surface area contributed by atoms with Crippen LogP contribution in [-0.4, -0.2) is 21.4 Å². The summed E-state index contributed by atoms with van der Waals surface area (Å²) in [5.74, 6) is -0.622. The monoisotopic (exact) mass is 375 g/mol. The van der Waals surface area contributed by atoms with Gasteiger partial charge in [0.05, 0.1) is 17.7 Å². The Morgan fingerprint density at radius 2 is 2.17 bits per heavy atom. The van der Waals surface area contributed by atoms with E-state index in [-0.39, 0.29) is 15.5 Å². The molecule has 2 aromatic rings. The van der Waals surface area contributed by atoms with Crippen LogP contribution in [0.2, 0.25) is 5.02 Å². The van der Waals surface area contributed by atoms with Crippen molar-refractivity contribution in [2.45, 2.75) is 11.4 Å². The first-order chi connectivity index (χ1) is 10.8. The summed E-state index contributed by atoms with van der Waals surface area (Å²) in [6.07, 6.45) is 0. The molecule has 0 fully saturated rings. The molecule has 1 heterocycles. The van der Waals surface area contributed by atoms with Crippen LogP contribution in [0, 0.1) is 0 Å². The fraction of sp³-hybridized carbons (Fsp3) is 0.154. The molecular formula is C13H14ClN3O4S2. The van der Waals surface area contributed by atoms with Gasteiger partial charge in [0, 0.05) is 17.1 Å². The largest absolute Gasteiger partial charge is 0.379 e. The molecule has 0 radical (unpaired) electrons. The standard InChI is InChI=1S/C13H14ClN3O4S2/c1-21-17-13(18)9-5-12(23(15,19)20)10(14)6-11(9)16-7-8-3-2-4-22-8/h2-6,16H,7H2,1H3,(H,17,18)(H2,15,19,20). The fourth-order valence-corrected chi connectivity index (χ4v) is 3.59. The van der Waals surface area contributed by atoms with Crippen molar-refractivity contribution >= 4 is 44.6 Å². The molecule has 0 spiro atoms. The van der Waals surface area contributed by atoms with E-state index in [1.54, 1.807) is 11.3 Å². The maximum absolute atomic E-state index is 12.1. The van der Waals surface area contributed by atoms with Crippen LogP contribution in [0.15, 0.2) is 34.5 Å². The summed E-state index contributed by atoms with van der Waals surface area (Å²) in [4.78, 5) is 17.4. The third kappa shape index (κ3) is 4.43. The molecule has 0 atom stereocenters. The summed E-state index contributed by atoms with van der Waals surface area (Å²) in [7, 11) is -2.79. The zero-order valence-corrected chi connectivity index (χ0v) is 14.4. The van der Waals surface area contributed by atoms with E-state index in [1.165, 1.54) is 13.2 Å². The van der Waals surface area contributed by atoms with E-state index in [1.807, 2.05) is 17.5 Å². The topological polar surface area (TPSA) is 111 Å². The number of sulfonamides is 1. The molecule has 1 amide bonds. The molecule has 0 bridgehead atoms. The smallest absolute Gasteiger partial charge is 0.276 e. The molecule has 2 rings (SSSR count). The van der Waals surface area contributed by atoms with Crippen LogP contribution in [-0.2, 0) is 21.4 Å². The van der Waals surface area contributed by atoms with Gasteiger partial charge >= 0.3 is 0 Å². The molecular weight excluding hydrogens is 362 g/mol. The summed E-state index contributed by atoms with van der Waals surface area (Å²) < 4.78 is 23.1. The fourth-order valence-electron chi connectivity index (χ4n) is 1.85. The highest BCUT2D eigenvalue weighted by atomic mass is 35.5. The SMILES string of the molecule is CONC(=O)c1cc(S(N)(=O)=O)c(Cl)cc1NCc1cccs1. The molecule has 7 nitrogen and oxygen atoms in total. The number of anilines is 1. The van der Waals surface area contributed by atoms with Crippen molar-refractivity contribution in [1.29, 1.82) is 0 Å². The van der Waals surface area contributed by atoms with Gasteiger partial charge in [-0.05, 0) is 23.6 Å². The number of hydrogen-bond donors (Lipinski definition) is 3. The van der Waals surface area contributed by atoms with Gasteiger partial charge in [-0.3, -0.25) is 9.63 Å². The zero-order chi connectivity index (χ0) is 17.0. The first-order valence-corrected chi connectivity index (χ1v) is 9.09. The van der Waals surface area contributed by atoms with Gasteiger partial charge in [0.1, 0.15) is 4.90 Å². The van der Waals surface area contributed by atoms with Gasteiger partial charge in [-0.15, -0.1) is 11.3 Å². The minimum Gasteiger partial charge on any atom is -0.379 e. The highest BCUT2D eigenvalue weighted by Crippen LogP contribution is 2.29. The highest BCUT2D eigenvalue weighted by molar-refractivity contribution is 7.89. The molecule has 124 valence electrons. The number of amides is 1. The van der Waals surface area contributed by atoms with Crippen LogP contribution in [0.4, 0.5) is 5.69 Å². The average Bonchev–Trinajstić information content (AvgIpc) is 2.97. The molecule has 4 N–H and O–H groups in total. The first-order valence-electron chi connectivity index (χ1n) is 6.29. The Morgan fingerprint density at radius 3 is 2.74 bits per heavy atom. The maximum Gasteiger partial charge on any atom is 0.276 e. The third-order valence-electron chi connectivity index (χ3n) is 2.85. The molecule has 23 heavy (non-hydrogen) atoms. The van der Waals surface area contributed by atoms with E-state index in [0.29, 0.717) is 12.2 Å². The van der Waals surface area contributed by atoms with Crippen LogP contribution in [0.25, 0.3) is 0 Å². The van der Waals surface area contributed by atoms with Crippen LogP contribution in [0.3, 0.4) is 0 Å². The van der Waals surface area contributed by atoms with Crippen molar-refractivity contribution in [2.24, 2.45) is 5.14 Å². The van der Waals surface area contributed by atoms with Gasteiger partial charge in [0.2, 0.25) is 10.0 Å². The van der Waals surface area contributed by atoms with Gasteiger partial charge in [-0.1, -0.05) is 17.7 Å². The number of carbonyl (C=O) groups is 1. The van der Waals surface area contributed by atoms with Crippen LogP contribution in [0.5, 0.6) is 0 Å². The lowest BCUT2D eigenvalue weighted by molar-refractivity contribution is 0.0538. The Morgan fingerprint density at radius 1 is 1.43 bits per heavy atom. The minimum absolute atomic E-state index is 0.0526. The number of benzene rings is 1. The number of halogens is 1. The third-order valence-corrected chi connectivity index (χ3v) is 5.10. The van der Waals surface area contributed by atoms with Gasteiger partial charge < -0.3 is 5.32 Å². The number of thiophene rings is 1. The second-order valence-electron chi connectivity index (χ2n) is 4.44. The lowest BCUT2D eigenvalue weighted by Crippen LogP contribution is -2.24. The van der Waals surface area contributed by atoms with Crippen molar-refractivity contribution in [3.8, 4) is 0 Å². The Balaban J connectivity index is 2.42. The van der Waals surface area contributed by atoms with E-state index in [4.69, 9.17) is 16.7 Å². The van der Waals surface area contributed by atoms with Crippen molar-refractivity contribution in [2.75, 3.05) is 12.4 Å². The molecule has 0 aliphatic rings. The molecule has 0 saturated heterocycles. The molecule has 1 aromatic heterocycles. The number of hydroxylamine groups is 1. The number of carbonyl (C=O) groups excluding carboxylic acids is 1. The summed E-state index contributed by atoms with van der Waals surface area (Å²) in [6.45, 7) is 0.454. The van der Waals surface area contributed by atoms with Gasteiger partial charge in [-0.25, -0.2) is 19.0 Å². The molecule has 0 aliphatic carbocycles. The molecule has 10 heteroatoms. The first kappa shape index (κ1) is 17.7. The van der Waals surface area contributed by atoms with Crippen LogP contribution in [0.1, 0.15) is 15.2 Å². The average molecular weight is 376 g/mol. The summed E-state index contributed by atoms with van der Waals surface area (Å²) in [5, 5.41) is 10.0. The minimum atomic E-state index is -4.06. The number of primary sulfonamides is 1. The molecule has 0 unspecified atom stereocenters. The zero-order valence-electron chi connectivity index (χ0n) is 12.0. The maximum atomic E-state index is 12.1. The second kappa shape index (κ2) is 7.28. The highest BCUT2D eigenvalue weighted by Gasteiger charge is 2.20. The van der Waals surface area contributed by atoms with E-state index >= 15 is 0 Å². The number of rotatable bonds is 6. The molecule has 1 aromatic carbocycles. The lowest BCUT2D eigenvalue weighted by Gasteiger charge is -2.14. The lowest BCUT2D eigenvalue weighted by atomic mass is 10.1. The van der Waals surface area contributed by atoms with E-state index < -0.39 is 15.9 Å². The quantitative estimate of drug-likeness (QED) is 0.668. The van der Waals surface area contributed by atoms with Crippen LogP contribution < -0.4 is 15.9 Å². The molecule has 0 saturated carbocycles. The predicted octanol–water partition coefficient (Wildman–Crippen LogP) is 1.95. The second-order valence-corrected chi connectivity index (χ2v) is 7.41. The van der Waals surface area contributed by atoms with Crippen molar-refractivity contribution in [3.63, 3.8) is 0 Å². The van der Waals surface area contributed by atoms with Crippen molar-refractivity contribution in [1.82, 2.24) is 5.48 Å². The van der Waals surface area contributed by atoms with Crippen molar-refractivity contribution < 1.29 is 18.0 Å². The number of hydrogen-bond acceptors (Lipinski definition) is 6. The number of nitrogens with one attached hydrogen (secondary N) is 2. The van der Waals surface area contributed by atoms with E-state index in [2.05, 4.69) is 15.6 Å².